The van der Waals surface area contributed by atoms with Gasteiger partial charge >= 0.3 is 0 Å². The molecule has 2 saturated carbocycles. The van der Waals surface area contributed by atoms with Crippen LogP contribution in [0.15, 0.2) is 0 Å². The van der Waals surface area contributed by atoms with E-state index in [-0.39, 0.29) is 10.7 Å². The Labute approximate surface area is 104 Å². The van der Waals surface area contributed by atoms with E-state index >= 15 is 0 Å². The summed E-state index contributed by atoms with van der Waals surface area (Å²) in [6.07, 6.45) is 5.53. The minimum absolute atomic E-state index is 0.0794. The first-order valence-corrected chi connectivity index (χ1v) is 8.35. The molecule has 0 aromatic heterocycles. The Morgan fingerprint density at radius 1 is 1.47 bits per heavy atom. The fourth-order valence-corrected chi connectivity index (χ4v) is 5.39. The van der Waals surface area contributed by atoms with Crippen molar-refractivity contribution in [1.82, 2.24) is 5.32 Å². The average Bonchev–Trinajstić information content (AvgIpc) is 2.70. The van der Waals surface area contributed by atoms with Crippen LogP contribution < -0.4 is 5.32 Å². The first kappa shape index (κ1) is 13.3. The van der Waals surface area contributed by atoms with E-state index in [2.05, 4.69) is 5.32 Å². The topological polar surface area (TPSA) is 55.4 Å². The highest BCUT2D eigenvalue weighted by Gasteiger charge is 2.62. The molecular weight excluding hydrogens is 238 g/mol. The summed E-state index contributed by atoms with van der Waals surface area (Å²) in [7, 11) is -1.18. The lowest BCUT2D eigenvalue weighted by Crippen LogP contribution is -2.30. The van der Waals surface area contributed by atoms with Crippen LogP contribution in [0.1, 0.15) is 25.7 Å². The van der Waals surface area contributed by atoms with Crippen molar-refractivity contribution in [3.05, 3.63) is 0 Å². The molecule has 1 N–H and O–H groups in total. The van der Waals surface area contributed by atoms with Crippen LogP contribution in [0.4, 0.5) is 0 Å². The highest BCUT2D eigenvalue weighted by atomic mass is 32.2. The smallest absolute Gasteiger partial charge is 0.150 e. The molecule has 4 nitrogen and oxygen atoms in total. The Kier molecular flexibility index (Phi) is 3.80. The molecule has 2 aliphatic rings. The van der Waals surface area contributed by atoms with Crippen LogP contribution in [-0.2, 0) is 14.6 Å². The lowest BCUT2D eigenvalue weighted by atomic mass is 10.0. The molecule has 1 spiro atoms. The monoisotopic (exact) mass is 261 g/mol. The van der Waals surface area contributed by atoms with Crippen molar-refractivity contribution < 1.29 is 13.2 Å². The van der Waals surface area contributed by atoms with Gasteiger partial charge in [0.05, 0.1) is 11.9 Å². The van der Waals surface area contributed by atoms with Crippen molar-refractivity contribution in [3.8, 4) is 0 Å². The van der Waals surface area contributed by atoms with Crippen molar-refractivity contribution in [3.63, 3.8) is 0 Å². The molecule has 0 heterocycles. The van der Waals surface area contributed by atoms with Crippen LogP contribution in [-0.4, -0.2) is 46.7 Å². The molecule has 0 radical (unpaired) electrons. The fourth-order valence-electron chi connectivity index (χ4n) is 3.53. The Morgan fingerprint density at radius 3 is 2.88 bits per heavy atom. The van der Waals surface area contributed by atoms with Crippen LogP contribution in [0.2, 0.25) is 0 Å². The first-order valence-electron chi connectivity index (χ1n) is 6.39. The quantitative estimate of drug-likeness (QED) is 0.719. The number of methoxy groups -OCH3 is 1. The van der Waals surface area contributed by atoms with E-state index in [1.807, 2.05) is 0 Å². The zero-order valence-corrected chi connectivity index (χ0v) is 11.6. The van der Waals surface area contributed by atoms with Gasteiger partial charge in [0.2, 0.25) is 0 Å². The maximum atomic E-state index is 11.8. The lowest BCUT2D eigenvalue weighted by molar-refractivity contribution is 0.198. The van der Waals surface area contributed by atoms with E-state index < -0.39 is 9.84 Å². The van der Waals surface area contributed by atoms with Crippen molar-refractivity contribution in [2.75, 3.05) is 33.1 Å². The third-order valence-electron chi connectivity index (χ3n) is 4.42. The highest BCUT2D eigenvalue weighted by Crippen LogP contribution is 2.64. The van der Waals surface area contributed by atoms with Gasteiger partial charge in [0.25, 0.3) is 0 Å². The molecule has 3 unspecified atom stereocenters. The van der Waals surface area contributed by atoms with Gasteiger partial charge < -0.3 is 10.1 Å². The molecule has 2 aliphatic carbocycles. The van der Waals surface area contributed by atoms with Gasteiger partial charge in [-0.3, -0.25) is 0 Å². The van der Waals surface area contributed by atoms with Crippen LogP contribution in [0.5, 0.6) is 0 Å². The zero-order chi connectivity index (χ0) is 12.5. The number of nitrogens with one attached hydrogen (secondary N) is 1. The fraction of sp³-hybridized carbons (Fsp3) is 1.00. The Hall–Kier alpha value is -0.130. The van der Waals surface area contributed by atoms with Gasteiger partial charge in [0.1, 0.15) is 0 Å². The predicted octanol–water partition coefficient (Wildman–Crippen LogP) is 0.826. The number of hydrogen-bond donors (Lipinski definition) is 1. The third-order valence-corrected chi connectivity index (χ3v) is 6.16. The molecule has 0 bridgehead atoms. The normalized spacial score (nSPS) is 36.6. The molecule has 17 heavy (non-hydrogen) atoms. The van der Waals surface area contributed by atoms with Gasteiger partial charge in [-0.05, 0) is 37.1 Å². The Morgan fingerprint density at radius 2 is 2.24 bits per heavy atom. The summed E-state index contributed by atoms with van der Waals surface area (Å²) in [4.78, 5) is 0. The summed E-state index contributed by atoms with van der Waals surface area (Å²) in [5, 5.41) is 3.27. The van der Waals surface area contributed by atoms with E-state index in [0.717, 1.165) is 45.4 Å². The maximum Gasteiger partial charge on any atom is 0.150 e. The van der Waals surface area contributed by atoms with Gasteiger partial charge in [-0.1, -0.05) is 6.42 Å². The zero-order valence-electron chi connectivity index (χ0n) is 10.7. The van der Waals surface area contributed by atoms with Crippen molar-refractivity contribution in [1.29, 1.82) is 0 Å². The number of ether oxygens (including phenoxy) is 1. The average molecular weight is 261 g/mol. The van der Waals surface area contributed by atoms with Crippen molar-refractivity contribution in [2.45, 2.75) is 30.9 Å². The van der Waals surface area contributed by atoms with Crippen molar-refractivity contribution >= 4 is 9.84 Å². The van der Waals surface area contributed by atoms with Crippen LogP contribution in [0, 0.1) is 11.3 Å². The van der Waals surface area contributed by atoms with E-state index in [0.29, 0.717) is 5.92 Å². The van der Waals surface area contributed by atoms with Gasteiger partial charge in [0.15, 0.2) is 9.84 Å². The van der Waals surface area contributed by atoms with E-state index in [4.69, 9.17) is 4.74 Å². The minimum atomic E-state index is -2.87. The molecule has 100 valence electrons. The molecule has 0 aromatic carbocycles. The van der Waals surface area contributed by atoms with Crippen LogP contribution in [0.25, 0.3) is 0 Å². The lowest BCUT2D eigenvalue weighted by Gasteiger charge is -2.18. The van der Waals surface area contributed by atoms with Crippen LogP contribution >= 0.6 is 0 Å². The van der Waals surface area contributed by atoms with E-state index in [9.17, 15) is 8.42 Å². The summed E-state index contributed by atoms with van der Waals surface area (Å²) in [6, 6.07) is 0. The molecule has 0 saturated heterocycles. The second-order valence-corrected chi connectivity index (χ2v) is 7.77. The standard InChI is InChI=1S/C12H23NO3S/c1-16-7-6-13-9-10-8-12(10)5-3-4-11(12)17(2,14)15/h10-11,13H,3-9H2,1-2H3. The second-order valence-electron chi connectivity index (χ2n) is 5.54. The SMILES string of the molecule is COCCNCC1CC12CCCC2S(C)(=O)=O. The van der Waals surface area contributed by atoms with E-state index in [1.165, 1.54) is 6.26 Å². The third kappa shape index (κ3) is 2.66. The first-order chi connectivity index (χ1) is 8.00. The maximum absolute atomic E-state index is 11.8. The van der Waals surface area contributed by atoms with Gasteiger partial charge in [-0.2, -0.15) is 0 Å². The molecule has 2 fully saturated rings. The number of rotatable bonds is 6. The van der Waals surface area contributed by atoms with Gasteiger partial charge in [0, 0.05) is 19.9 Å². The van der Waals surface area contributed by atoms with Gasteiger partial charge in [-0.15, -0.1) is 0 Å². The molecule has 3 atom stereocenters. The molecule has 5 heteroatoms. The molecular formula is C12H23NO3S. The largest absolute Gasteiger partial charge is 0.383 e. The molecule has 0 aromatic rings. The summed E-state index contributed by atoms with van der Waals surface area (Å²) in [5.41, 5.74) is 0.119. The Bertz CT molecular complexity index is 368. The Balaban J connectivity index is 1.86. The molecule has 0 aliphatic heterocycles. The molecule has 2 rings (SSSR count). The summed E-state index contributed by atoms with van der Waals surface area (Å²) >= 11 is 0. The summed E-state index contributed by atoms with van der Waals surface area (Å²) in [6.45, 7) is 2.51. The van der Waals surface area contributed by atoms with Gasteiger partial charge in [-0.25, -0.2) is 8.42 Å². The molecule has 0 amide bonds. The minimum Gasteiger partial charge on any atom is -0.383 e. The number of sulfone groups is 1. The van der Waals surface area contributed by atoms with E-state index in [1.54, 1.807) is 7.11 Å². The summed E-state index contributed by atoms with van der Waals surface area (Å²) in [5.74, 6) is 0.557. The number of hydrogen-bond acceptors (Lipinski definition) is 4. The van der Waals surface area contributed by atoms with Crippen LogP contribution in [0.3, 0.4) is 0 Å². The highest BCUT2D eigenvalue weighted by molar-refractivity contribution is 7.91. The predicted molar refractivity (Wildman–Crippen MR) is 67.8 cm³/mol. The van der Waals surface area contributed by atoms with Crippen molar-refractivity contribution in [2.24, 2.45) is 11.3 Å². The summed E-state index contributed by atoms with van der Waals surface area (Å²) < 4.78 is 28.5. The second kappa shape index (κ2) is 4.86.